The molecule has 0 spiro atoms. The van der Waals surface area contributed by atoms with Gasteiger partial charge in [-0.05, 0) is 41.1 Å². The number of carboxylic acid groups (broad SMARTS) is 1. The Morgan fingerprint density at radius 2 is 2.19 bits per heavy atom. The van der Waals surface area contributed by atoms with Gasteiger partial charge < -0.3 is 9.52 Å². The molecular formula is C17H11BrN4O3S. The summed E-state index contributed by atoms with van der Waals surface area (Å²) >= 11 is 4.47. The average molecular weight is 431 g/mol. The molecule has 7 nitrogen and oxygen atoms in total. The molecule has 9 heteroatoms. The monoisotopic (exact) mass is 430 g/mol. The van der Waals surface area contributed by atoms with Crippen LogP contribution in [0.1, 0.15) is 26.5 Å². The molecule has 2 N–H and O–H groups in total. The number of aryl methyl sites for hydroxylation is 1. The highest BCUT2D eigenvalue weighted by Gasteiger charge is 2.15. The first kappa shape index (κ1) is 17.8. The Morgan fingerprint density at radius 1 is 1.46 bits per heavy atom. The van der Waals surface area contributed by atoms with Crippen molar-refractivity contribution in [1.82, 2.24) is 4.98 Å². The first-order valence-corrected chi connectivity index (χ1v) is 8.88. The predicted molar refractivity (Wildman–Crippen MR) is 102 cm³/mol. The number of oxazole rings is 1. The summed E-state index contributed by atoms with van der Waals surface area (Å²) in [5.74, 6) is -0.663. The van der Waals surface area contributed by atoms with E-state index in [1.807, 2.05) is 37.3 Å². The number of carboxylic acids is 1. The first-order valence-electron chi connectivity index (χ1n) is 7.27. The van der Waals surface area contributed by atoms with E-state index in [0.717, 1.165) is 11.1 Å². The lowest BCUT2D eigenvalue weighted by Gasteiger charge is -1.96. The summed E-state index contributed by atoms with van der Waals surface area (Å²) in [5, 5.41) is 22.3. The van der Waals surface area contributed by atoms with Crippen LogP contribution >= 0.6 is 27.3 Å². The van der Waals surface area contributed by atoms with Crippen LogP contribution in [-0.2, 0) is 0 Å². The van der Waals surface area contributed by atoms with Crippen molar-refractivity contribution in [2.24, 2.45) is 5.10 Å². The summed E-state index contributed by atoms with van der Waals surface area (Å²) in [6.45, 7) is 1.97. The molecule has 0 aliphatic carbocycles. The number of hydrogen-bond donors (Lipinski definition) is 2. The lowest BCUT2D eigenvalue weighted by atomic mass is 10.1. The Bertz CT molecular complexity index is 1030. The van der Waals surface area contributed by atoms with E-state index in [0.29, 0.717) is 14.6 Å². The van der Waals surface area contributed by atoms with E-state index in [2.05, 4.69) is 31.4 Å². The summed E-state index contributed by atoms with van der Waals surface area (Å²) < 4.78 is 6.25. The van der Waals surface area contributed by atoms with E-state index in [-0.39, 0.29) is 17.1 Å². The zero-order valence-electron chi connectivity index (χ0n) is 13.4. The van der Waals surface area contributed by atoms with E-state index in [1.54, 1.807) is 0 Å². The highest BCUT2D eigenvalue weighted by Crippen LogP contribution is 2.27. The van der Waals surface area contributed by atoms with Gasteiger partial charge >= 0.3 is 5.97 Å². The summed E-state index contributed by atoms with van der Waals surface area (Å²) in [6.07, 6.45) is 1.36. The number of carbonyl (C=O) groups is 1. The smallest absolute Gasteiger partial charge is 0.337 e. The van der Waals surface area contributed by atoms with Crippen LogP contribution < -0.4 is 5.43 Å². The Balaban J connectivity index is 1.83. The number of anilines is 1. The van der Waals surface area contributed by atoms with Crippen LogP contribution in [0.3, 0.4) is 0 Å². The van der Waals surface area contributed by atoms with Gasteiger partial charge in [-0.2, -0.15) is 15.3 Å². The van der Waals surface area contributed by atoms with Crippen LogP contribution in [0.25, 0.3) is 11.5 Å². The Labute approximate surface area is 160 Å². The number of rotatable bonds is 5. The molecule has 26 heavy (non-hydrogen) atoms. The number of nitriles is 1. The summed E-state index contributed by atoms with van der Waals surface area (Å²) in [4.78, 5) is 15.8. The van der Waals surface area contributed by atoms with E-state index < -0.39 is 5.97 Å². The molecule has 0 fully saturated rings. The molecule has 0 amide bonds. The molecule has 3 aromatic rings. The second kappa shape index (κ2) is 7.51. The fourth-order valence-electron chi connectivity index (χ4n) is 2.08. The molecule has 2 heterocycles. The largest absolute Gasteiger partial charge is 0.478 e. The van der Waals surface area contributed by atoms with E-state index in [9.17, 15) is 10.1 Å². The van der Waals surface area contributed by atoms with E-state index >= 15 is 0 Å². The van der Waals surface area contributed by atoms with Crippen molar-refractivity contribution in [3.05, 3.63) is 55.8 Å². The van der Waals surface area contributed by atoms with Gasteiger partial charge in [-0.1, -0.05) is 17.7 Å². The average Bonchev–Trinajstić information content (AvgIpc) is 3.19. The van der Waals surface area contributed by atoms with Crippen LogP contribution in [0.15, 0.2) is 43.6 Å². The van der Waals surface area contributed by atoms with Gasteiger partial charge in [0.2, 0.25) is 11.6 Å². The topological polar surface area (TPSA) is 112 Å². The zero-order valence-corrected chi connectivity index (χ0v) is 15.8. The van der Waals surface area contributed by atoms with Crippen LogP contribution in [0, 0.1) is 18.3 Å². The third kappa shape index (κ3) is 3.82. The fourth-order valence-corrected chi connectivity index (χ4v) is 3.58. The van der Waals surface area contributed by atoms with Crippen molar-refractivity contribution >= 4 is 45.3 Å². The van der Waals surface area contributed by atoms with Gasteiger partial charge in [0, 0.05) is 5.56 Å². The fraction of sp³-hybridized carbons (Fsp3) is 0.0588. The lowest BCUT2D eigenvalue weighted by molar-refractivity contribution is 0.0697. The standard InChI is InChI=1S/C17H11BrN4O3S/c1-9-2-4-10(5-3-9)15-21-12(7-19)16(25-15)22-20-8-13-11(17(23)24)6-14(18)26-13/h2-6,8,22H,1H3,(H,23,24)/b20-8+. The molecule has 2 aromatic heterocycles. The van der Waals surface area contributed by atoms with Crippen molar-refractivity contribution in [3.63, 3.8) is 0 Å². The number of halogens is 1. The number of thiophene rings is 1. The number of hydrogen-bond acceptors (Lipinski definition) is 7. The van der Waals surface area contributed by atoms with Crippen molar-refractivity contribution in [3.8, 4) is 17.5 Å². The number of hydrazone groups is 1. The van der Waals surface area contributed by atoms with Crippen LogP contribution in [0.5, 0.6) is 0 Å². The van der Waals surface area contributed by atoms with Crippen LogP contribution in [0.2, 0.25) is 0 Å². The Kier molecular flexibility index (Phi) is 5.16. The number of nitrogens with zero attached hydrogens (tertiary/aromatic N) is 3. The second-order valence-corrected chi connectivity index (χ2v) is 7.64. The molecule has 0 bridgehead atoms. The van der Waals surface area contributed by atoms with Crippen molar-refractivity contribution in [2.45, 2.75) is 6.92 Å². The third-order valence-corrected chi connectivity index (χ3v) is 4.91. The molecule has 0 saturated heterocycles. The third-order valence-electron chi connectivity index (χ3n) is 3.34. The van der Waals surface area contributed by atoms with Crippen LogP contribution in [-0.4, -0.2) is 22.3 Å². The minimum absolute atomic E-state index is 0.0588. The molecule has 3 rings (SSSR count). The molecular weight excluding hydrogens is 420 g/mol. The summed E-state index contributed by atoms with van der Waals surface area (Å²) in [5.41, 5.74) is 4.63. The highest BCUT2D eigenvalue weighted by atomic mass is 79.9. The SMILES string of the molecule is Cc1ccc(-c2nc(C#N)c(N/N=C/c3sc(Br)cc3C(=O)O)o2)cc1. The normalized spacial score (nSPS) is 10.8. The molecule has 0 atom stereocenters. The maximum atomic E-state index is 11.2. The number of nitrogens with one attached hydrogen (secondary N) is 1. The van der Waals surface area contributed by atoms with Gasteiger partial charge in [0.25, 0.3) is 5.88 Å². The molecule has 0 unspecified atom stereocenters. The lowest BCUT2D eigenvalue weighted by Crippen LogP contribution is -1.98. The van der Waals surface area contributed by atoms with Crippen molar-refractivity contribution < 1.29 is 14.3 Å². The predicted octanol–water partition coefficient (Wildman–Crippen LogP) is 4.49. The van der Waals surface area contributed by atoms with Crippen LogP contribution in [0.4, 0.5) is 5.88 Å². The zero-order chi connectivity index (χ0) is 18.7. The molecule has 0 saturated carbocycles. The Morgan fingerprint density at radius 3 is 2.85 bits per heavy atom. The first-order chi connectivity index (χ1) is 12.5. The molecule has 0 aliphatic rings. The molecule has 130 valence electrons. The Hall–Kier alpha value is -2.96. The molecule has 1 aromatic carbocycles. The quantitative estimate of drug-likeness (QED) is 0.455. The second-order valence-electron chi connectivity index (χ2n) is 5.18. The minimum atomic E-state index is -1.05. The number of aromatic nitrogens is 1. The van der Waals surface area contributed by atoms with Gasteiger partial charge in [-0.25, -0.2) is 10.2 Å². The number of aromatic carboxylic acids is 1. The van der Waals surface area contributed by atoms with Crippen molar-refractivity contribution in [2.75, 3.05) is 5.43 Å². The molecule has 0 aliphatic heterocycles. The van der Waals surface area contributed by atoms with Gasteiger partial charge in [0.1, 0.15) is 6.07 Å². The van der Waals surface area contributed by atoms with Gasteiger partial charge in [0.15, 0.2) is 0 Å². The van der Waals surface area contributed by atoms with Gasteiger partial charge in [-0.15, -0.1) is 11.3 Å². The maximum Gasteiger partial charge on any atom is 0.337 e. The maximum absolute atomic E-state index is 11.2. The van der Waals surface area contributed by atoms with E-state index in [1.165, 1.54) is 23.6 Å². The summed E-state index contributed by atoms with van der Waals surface area (Å²) in [7, 11) is 0. The summed E-state index contributed by atoms with van der Waals surface area (Å²) in [6, 6.07) is 11.0. The highest BCUT2D eigenvalue weighted by molar-refractivity contribution is 9.11. The minimum Gasteiger partial charge on any atom is -0.478 e. The number of benzene rings is 1. The van der Waals surface area contributed by atoms with E-state index in [4.69, 9.17) is 9.52 Å². The molecule has 0 radical (unpaired) electrons. The van der Waals surface area contributed by atoms with Crippen molar-refractivity contribution in [1.29, 1.82) is 5.26 Å². The van der Waals surface area contributed by atoms with Gasteiger partial charge in [-0.3, -0.25) is 0 Å². The van der Waals surface area contributed by atoms with Gasteiger partial charge in [0.05, 0.1) is 20.4 Å².